The zero-order valence-electron chi connectivity index (χ0n) is 31.0. The molecule has 0 aliphatic heterocycles. The molecule has 8 N–H and O–H groups in total. The van der Waals surface area contributed by atoms with Crippen LogP contribution in [0.25, 0.3) is 0 Å². The summed E-state index contributed by atoms with van der Waals surface area (Å²) in [6.07, 6.45) is 26.6. The summed E-state index contributed by atoms with van der Waals surface area (Å²) < 4.78 is 0. The van der Waals surface area contributed by atoms with Crippen molar-refractivity contribution in [3.63, 3.8) is 0 Å². The number of nitrogens with two attached hydrogens (primary N) is 4. The van der Waals surface area contributed by atoms with Crippen molar-refractivity contribution in [1.29, 1.82) is 0 Å². The van der Waals surface area contributed by atoms with Crippen LogP contribution in [0.15, 0.2) is 0 Å². The minimum absolute atomic E-state index is 0. The van der Waals surface area contributed by atoms with Gasteiger partial charge in [0.2, 0.25) is 11.8 Å². The van der Waals surface area contributed by atoms with E-state index >= 15 is 0 Å². The Morgan fingerprint density at radius 2 is 0.667 bits per heavy atom. The molecule has 2 amide bonds. The molecule has 0 saturated heterocycles. The Balaban J connectivity index is -0.00000154. The number of hydrogen-bond donors (Lipinski definition) is 4. The minimum Gasteiger partial charge on any atom is -0.341 e. The average molecular weight is 771 g/mol. The van der Waals surface area contributed by atoms with Gasteiger partial charge in [0.15, 0.2) is 0 Å². The third-order valence-electron chi connectivity index (χ3n) is 8.87. The van der Waals surface area contributed by atoms with Gasteiger partial charge >= 0.3 is 0 Å². The summed E-state index contributed by atoms with van der Waals surface area (Å²) in [7, 11) is 0. The van der Waals surface area contributed by atoms with Gasteiger partial charge in [-0.25, -0.2) is 0 Å². The lowest BCUT2D eigenvalue weighted by Gasteiger charge is -2.26. The molecule has 294 valence electrons. The second-order valence-electron chi connectivity index (χ2n) is 13.1. The SMILES string of the molecule is CCCCCCN(CCCCCCCCCCCCN(CCCCCC)C(=O)[C@@H](N)CCCCN)C(=O)[C@@H](N)CCCCN.Cl.Cl.Cl.Cl. The number of carbonyl (C=O) groups excluding carboxylic acids is 2. The van der Waals surface area contributed by atoms with Crippen LogP contribution in [0.5, 0.6) is 0 Å². The highest BCUT2D eigenvalue weighted by atomic mass is 35.5. The van der Waals surface area contributed by atoms with Crippen LogP contribution in [0, 0.1) is 0 Å². The summed E-state index contributed by atoms with van der Waals surface area (Å²) in [6.45, 7) is 9.12. The summed E-state index contributed by atoms with van der Waals surface area (Å²) in [5.41, 5.74) is 23.7. The van der Waals surface area contributed by atoms with Crippen LogP contribution >= 0.6 is 49.6 Å². The van der Waals surface area contributed by atoms with E-state index in [0.717, 1.165) is 90.4 Å². The van der Waals surface area contributed by atoms with E-state index in [1.165, 1.54) is 89.9 Å². The molecule has 8 nitrogen and oxygen atoms in total. The molecule has 0 heterocycles. The molecule has 0 spiro atoms. The number of carbonyl (C=O) groups is 2. The quantitative estimate of drug-likeness (QED) is 0.0495. The first-order valence-electron chi connectivity index (χ1n) is 18.9. The van der Waals surface area contributed by atoms with E-state index in [0.29, 0.717) is 13.1 Å². The molecule has 0 unspecified atom stereocenters. The Hall–Kier alpha value is -0.0600. The van der Waals surface area contributed by atoms with Crippen LogP contribution in [0.2, 0.25) is 0 Å². The number of hydrogen-bond acceptors (Lipinski definition) is 6. The van der Waals surface area contributed by atoms with Crippen LogP contribution < -0.4 is 22.9 Å². The predicted molar refractivity (Wildman–Crippen MR) is 218 cm³/mol. The van der Waals surface area contributed by atoms with Gasteiger partial charge in [0, 0.05) is 26.2 Å². The molecule has 0 aliphatic rings. The van der Waals surface area contributed by atoms with Crippen molar-refractivity contribution in [3.8, 4) is 0 Å². The van der Waals surface area contributed by atoms with Crippen molar-refractivity contribution in [2.75, 3.05) is 39.3 Å². The molecule has 0 aromatic carbocycles. The fourth-order valence-corrected chi connectivity index (χ4v) is 5.88. The Morgan fingerprint density at radius 1 is 0.417 bits per heavy atom. The highest BCUT2D eigenvalue weighted by Gasteiger charge is 2.21. The van der Waals surface area contributed by atoms with Gasteiger partial charge in [0.1, 0.15) is 0 Å². The van der Waals surface area contributed by atoms with Crippen molar-refractivity contribution >= 4 is 61.4 Å². The molecule has 0 bridgehead atoms. The summed E-state index contributed by atoms with van der Waals surface area (Å²) in [5, 5.41) is 0. The smallest absolute Gasteiger partial charge is 0.239 e. The first-order valence-corrected chi connectivity index (χ1v) is 18.9. The zero-order valence-corrected chi connectivity index (χ0v) is 34.3. The van der Waals surface area contributed by atoms with Gasteiger partial charge in [0.25, 0.3) is 0 Å². The summed E-state index contributed by atoms with van der Waals surface area (Å²) in [5.74, 6) is 0.265. The molecule has 0 fully saturated rings. The van der Waals surface area contributed by atoms with E-state index in [4.69, 9.17) is 22.9 Å². The van der Waals surface area contributed by atoms with E-state index in [-0.39, 0.29) is 73.5 Å². The zero-order chi connectivity index (χ0) is 32.7. The van der Waals surface area contributed by atoms with E-state index in [2.05, 4.69) is 13.8 Å². The summed E-state index contributed by atoms with van der Waals surface area (Å²) >= 11 is 0. The summed E-state index contributed by atoms with van der Waals surface area (Å²) in [4.78, 5) is 30.0. The molecule has 0 radical (unpaired) electrons. The van der Waals surface area contributed by atoms with Gasteiger partial charge in [-0.05, 0) is 64.5 Å². The van der Waals surface area contributed by atoms with E-state index in [1.54, 1.807) is 0 Å². The minimum atomic E-state index is -0.383. The van der Waals surface area contributed by atoms with Crippen LogP contribution in [-0.2, 0) is 9.59 Å². The molecule has 0 aromatic rings. The maximum Gasteiger partial charge on any atom is 0.239 e. The van der Waals surface area contributed by atoms with Gasteiger partial charge in [-0.1, -0.05) is 117 Å². The number of rotatable bonds is 33. The van der Waals surface area contributed by atoms with Crippen LogP contribution in [-0.4, -0.2) is 73.0 Å². The third kappa shape index (κ3) is 33.1. The van der Waals surface area contributed by atoms with Gasteiger partial charge < -0.3 is 32.7 Å². The van der Waals surface area contributed by atoms with E-state index < -0.39 is 0 Å². The third-order valence-corrected chi connectivity index (χ3v) is 8.87. The van der Waals surface area contributed by atoms with Crippen molar-refractivity contribution in [2.45, 2.75) is 180 Å². The summed E-state index contributed by atoms with van der Waals surface area (Å²) in [6, 6.07) is -0.766. The van der Waals surface area contributed by atoms with Crippen molar-refractivity contribution in [2.24, 2.45) is 22.9 Å². The molecule has 12 heteroatoms. The molecule has 0 rings (SSSR count). The number of unbranched alkanes of at least 4 members (excludes halogenated alkanes) is 17. The lowest BCUT2D eigenvalue weighted by Crippen LogP contribution is -2.44. The first-order chi connectivity index (χ1) is 21.4. The number of nitrogens with zero attached hydrogens (tertiary/aromatic N) is 2. The predicted octanol–water partition coefficient (Wildman–Crippen LogP) is 8.31. The van der Waals surface area contributed by atoms with Crippen LogP contribution in [0.1, 0.15) is 168 Å². The van der Waals surface area contributed by atoms with Crippen LogP contribution in [0.3, 0.4) is 0 Å². The van der Waals surface area contributed by atoms with Crippen molar-refractivity contribution in [3.05, 3.63) is 0 Å². The van der Waals surface area contributed by atoms with Crippen LogP contribution in [0.4, 0.5) is 0 Å². The van der Waals surface area contributed by atoms with Gasteiger partial charge in [-0.3, -0.25) is 9.59 Å². The number of halogens is 4. The Bertz CT molecular complexity index is 616. The normalized spacial score (nSPS) is 11.7. The van der Waals surface area contributed by atoms with E-state index in [1.807, 2.05) is 9.80 Å². The second-order valence-corrected chi connectivity index (χ2v) is 13.1. The maximum absolute atomic E-state index is 13.0. The lowest BCUT2D eigenvalue weighted by atomic mass is 10.0. The van der Waals surface area contributed by atoms with Crippen molar-refractivity contribution < 1.29 is 9.59 Å². The Morgan fingerprint density at radius 3 is 0.917 bits per heavy atom. The average Bonchev–Trinajstić information content (AvgIpc) is 3.02. The van der Waals surface area contributed by atoms with Gasteiger partial charge in [0.05, 0.1) is 12.1 Å². The standard InChI is InChI=1S/C36H76N6O2.4ClH/c1-3-5-7-21-29-41(35(43)33(39)25-17-19-27-37)31-23-15-13-11-9-10-12-14-16-24-32-42(30-22-8-6-4-2)36(44)34(40)26-18-20-28-38;;;;/h33-34H,3-32,37-40H2,1-2H3;4*1H/t33-,34-;;;;/m0..../s1. The molecular weight excluding hydrogens is 690 g/mol. The molecule has 0 aliphatic carbocycles. The Kier molecular flexibility index (Phi) is 51.4. The largest absolute Gasteiger partial charge is 0.341 e. The topological polar surface area (TPSA) is 145 Å². The fourth-order valence-electron chi connectivity index (χ4n) is 5.88. The highest BCUT2D eigenvalue weighted by Crippen LogP contribution is 2.14. The lowest BCUT2D eigenvalue weighted by molar-refractivity contribution is -0.133. The van der Waals surface area contributed by atoms with Gasteiger partial charge in [-0.2, -0.15) is 0 Å². The fraction of sp³-hybridized carbons (Fsp3) is 0.944. The van der Waals surface area contributed by atoms with Crippen molar-refractivity contribution in [1.82, 2.24) is 9.80 Å². The Labute approximate surface area is 321 Å². The van der Waals surface area contributed by atoms with E-state index in [9.17, 15) is 9.59 Å². The number of amides is 2. The maximum atomic E-state index is 13.0. The molecule has 0 saturated carbocycles. The molecule has 2 atom stereocenters. The van der Waals surface area contributed by atoms with Gasteiger partial charge in [-0.15, -0.1) is 49.6 Å². The molecular formula is C36H80Cl4N6O2. The first kappa shape index (κ1) is 57.3. The molecule has 48 heavy (non-hydrogen) atoms. The highest BCUT2D eigenvalue weighted by molar-refractivity contribution is 5.86. The second kappa shape index (κ2) is 43.1. The monoisotopic (exact) mass is 769 g/mol. The molecule has 0 aromatic heterocycles.